The molecule has 2 aliphatic heterocycles. The van der Waals surface area contributed by atoms with Crippen LogP contribution in [0.1, 0.15) is 106 Å². The summed E-state index contributed by atoms with van der Waals surface area (Å²) in [6.45, 7) is 24.2. The molecule has 4 unspecified atom stereocenters. The van der Waals surface area contributed by atoms with Gasteiger partial charge in [0.1, 0.15) is 0 Å². The second-order valence-electron chi connectivity index (χ2n) is 21.2. The lowest BCUT2D eigenvalue weighted by atomic mass is 9.27. The Morgan fingerprint density at radius 1 is 0.644 bits per heavy atom. The zero-order valence-corrected chi connectivity index (χ0v) is 37.4. The molecule has 0 amide bonds. The van der Waals surface area contributed by atoms with Crippen molar-refractivity contribution in [2.45, 2.75) is 124 Å². The van der Waals surface area contributed by atoms with E-state index in [1.807, 2.05) is 0 Å². The van der Waals surface area contributed by atoms with Crippen molar-refractivity contribution in [1.29, 1.82) is 0 Å². The third-order valence-electron chi connectivity index (χ3n) is 14.9. The first-order valence-corrected chi connectivity index (χ1v) is 22.5. The molecule has 0 fully saturated rings. The first-order chi connectivity index (χ1) is 28.0. The molecule has 59 heavy (non-hydrogen) atoms. The summed E-state index contributed by atoms with van der Waals surface area (Å²) in [4.78, 5) is 5.61. The lowest BCUT2D eigenvalue weighted by Crippen LogP contribution is -2.64. The Balaban J connectivity index is 1.26. The smallest absolute Gasteiger partial charge is 0.221 e. The van der Waals surface area contributed by atoms with E-state index in [0.717, 1.165) is 25.7 Å². The molecule has 0 saturated carbocycles. The van der Waals surface area contributed by atoms with Crippen LogP contribution in [0.2, 0.25) is 5.82 Å². The minimum atomic E-state index is -0.145. The molecule has 2 heterocycles. The highest BCUT2D eigenvalue weighted by Gasteiger charge is 2.53. The number of hydrogen-bond acceptors (Lipinski definition) is 2. The zero-order valence-electron chi connectivity index (χ0n) is 37.4. The van der Waals surface area contributed by atoms with Gasteiger partial charge in [-0.1, -0.05) is 201 Å². The van der Waals surface area contributed by atoms with Gasteiger partial charge in [0.15, 0.2) is 0 Å². The Bertz CT molecular complexity index is 2390. The third-order valence-corrected chi connectivity index (χ3v) is 14.9. The fourth-order valence-corrected chi connectivity index (χ4v) is 11.2. The number of fused-ring (bicyclic) bond motifs is 4. The lowest BCUT2D eigenvalue weighted by Gasteiger charge is -2.56. The summed E-state index contributed by atoms with van der Waals surface area (Å²) in [5.74, 6) is 0.289. The van der Waals surface area contributed by atoms with Gasteiger partial charge in [-0.15, -0.1) is 0 Å². The lowest BCUT2D eigenvalue weighted by molar-refractivity contribution is 0.464. The second-order valence-corrected chi connectivity index (χ2v) is 21.2. The molecule has 2 nitrogen and oxygen atoms in total. The Morgan fingerprint density at radius 3 is 2.08 bits per heavy atom. The van der Waals surface area contributed by atoms with E-state index in [9.17, 15) is 0 Å². The average Bonchev–Trinajstić information content (AvgIpc) is 3.23. The van der Waals surface area contributed by atoms with Crippen molar-refractivity contribution in [1.82, 2.24) is 0 Å². The van der Waals surface area contributed by atoms with Gasteiger partial charge < -0.3 is 9.80 Å². The van der Waals surface area contributed by atoms with Crippen LogP contribution in [0.15, 0.2) is 167 Å². The van der Waals surface area contributed by atoms with Crippen molar-refractivity contribution in [3.63, 3.8) is 0 Å². The molecule has 0 radical (unpaired) electrons. The molecule has 4 atom stereocenters. The molecule has 0 N–H and O–H groups in total. The molecule has 4 aliphatic carbocycles. The second kappa shape index (κ2) is 14.5. The highest BCUT2D eigenvalue weighted by Crippen LogP contribution is 2.53. The van der Waals surface area contributed by atoms with Gasteiger partial charge in [0.2, 0.25) is 6.71 Å². The molecule has 9 rings (SSSR count). The van der Waals surface area contributed by atoms with Crippen molar-refractivity contribution in [2.24, 2.45) is 16.2 Å². The maximum atomic E-state index is 2.88. The number of hydrogen-bond donors (Lipinski definition) is 0. The summed E-state index contributed by atoms with van der Waals surface area (Å²) < 4.78 is 0. The Morgan fingerprint density at radius 2 is 1.36 bits per heavy atom. The van der Waals surface area contributed by atoms with Crippen LogP contribution >= 0.6 is 0 Å². The number of benzene rings is 3. The fourth-order valence-electron chi connectivity index (χ4n) is 11.2. The van der Waals surface area contributed by atoms with Crippen LogP contribution in [0.25, 0.3) is 0 Å². The molecule has 3 aromatic rings. The first kappa shape index (κ1) is 39.7. The first-order valence-electron chi connectivity index (χ1n) is 22.5. The molecule has 0 spiro atoms. The van der Waals surface area contributed by atoms with Gasteiger partial charge in [-0.25, -0.2) is 0 Å². The summed E-state index contributed by atoms with van der Waals surface area (Å²) in [6.07, 6.45) is 31.7. The largest absolute Gasteiger partial charge is 0.359 e. The summed E-state index contributed by atoms with van der Waals surface area (Å²) in [5.41, 5.74) is 15.8. The van der Waals surface area contributed by atoms with Crippen LogP contribution in [0.5, 0.6) is 0 Å². The van der Waals surface area contributed by atoms with Crippen LogP contribution in [0.4, 0.5) is 17.1 Å². The number of anilines is 3. The molecule has 0 saturated heterocycles. The minimum absolute atomic E-state index is 0.000998. The maximum Gasteiger partial charge on any atom is 0.221 e. The molecule has 0 aromatic heterocycles. The third kappa shape index (κ3) is 6.81. The van der Waals surface area contributed by atoms with E-state index in [1.54, 1.807) is 16.6 Å². The predicted molar refractivity (Wildman–Crippen MR) is 256 cm³/mol. The SMILES string of the molecule is CC(C)(C)C1=CC2C(C=C1)B1C3=CC=C(C(C)(C)C4=CC=CCC4)CC3N(C3C=C(C(C)(C)C)C=CC3)c3cccc(c31)N2c1cccc(C(C)(C)c2ccccc2)c1. The summed E-state index contributed by atoms with van der Waals surface area (Å²) in [6, 6.07) is 28.5. The van der Waals surface area contributed by atoms with Crippen molar-refractivity contribution < 1.29 is 0 Å². The van der Waals surface area contributed by atoms with Crippen LogP contribution in [0, 0.1) is 16.2 Å². The van der Waals surface area contributed by atoms with Gasteiger partial charge >= 0.3 is 0 Å². The highest BCUT2D eigenvalue weighted by molar-refractivity contribution is 6.85. The van der Waals surface area contributed by atoms with Gasteiger partial charge in [0, 0.05) is 33.9 Å². The summed E-state index contributed by atoms with van der Waals surface area (Å²) in [5, 5.41) is 0. The number of rotatable bonds is 6. The Kier molecular flexibility index (Phi) is 9.73. The maximum absolute atomic E-state index is 2.88. The van der Waals surface area contributed by atoms with Gasteiger partial charge in [-0.2, -0.15) is 0 Å². The van der Waals surface area contributed by atoms with Gasteiger partial charge in [-0.3, -0.25) is 0 Å². The molecular weight excluding hydrogens is 711 g/mol. The average molecular weight is 777 g/mol. The normalized spacial score (nSPS) is 24.0. The van der Waals surface area contributed by atoms with E-state index in [2.05, 4.69) is 219 Å². The monoisotopic (exact) mass is 777 g/mol. The van der Waals surface area contributed by atoms with Crippen molar-refractivity contribution >= 4 is 29.2 Å². The zero-order chi connectivity index (χ0) is 41.5. The van der Waals surface area contributed by atoms with Crippen molar-refractivity contribution in [3.05, 3.63) is 179 Å². The Labute approximate surface area is 356 Å². The number of allylic oxidation sites excluding steroid dienone is 10. The standard InChI is InChI=1S/C56H65BN2/c1-53(2,3)40-24-17-26-44(34-40)58-48-28-19-29-49-52(48)57(47-33-31-43(37-51(47)58)56(9,10)39-22-15-12-16-23-39)46-32-30-41(54(4,5)6)36-50(46)59(49)45-27-18-25-42(35-45)55(7,8)38-20-13-11-14-21-38/h11-15,17-22,24-25,27-36,44,46,50-51H,16,23,26,37H2,1-10H3. The molecule has 302 valence electrons. The number of nitrogens with zero attached hydrogens (tertiary/aromatic N) is 2. The molecule has 3 heteroatoms. The van der Waals surface area contributed by atoms with E-state index in [4.69, 9.17) is 0 Å². The quantitative estimate of drug-likeness (QED) is 0.230. The van der Waals surface area contributed by atoms with E-state index in [1.165, 1.54) is 44.8 Å². The highest BCUT2D eigenvalue weighted by atomic mass is 15.2. The fraction of sp³-hybridized carbons (Fsp3) is 0.393. The molecular formula is C56H65BN2. The van der Waals surface area contributed by atoms with E-state index < -0.39 is 0 Å². The summed E-state index contributed by atoms with van der Waals surface area (Å²) >= 11 is 0. The van der Waals surface area contributed by atoms with Gasteiger partial charge in [0.25, 0.3) is 0 Å². The van der Waals surface area contributed by atoms with Crippen molar-refractivity contribution in [2.75, 3.05) is 9.80 Å². The molecule has 0 bridgehead atoms. The van der Waals surface area contributed by atoms with Crippen LogP contribution in [-0.2, 0) is 5.41 Å². The molecule has 6 aliphatic rings. The predicted octanol–water partition coefficient (Wildman–Crippen LogP) is 13.7. The Hall–Kier alpha value is -4.76. The van der Waals surface area contributed by atoms with Gasteiger partial charge in [0.05, 0.1) is 12.1 Å². The van der Waals surface area contributed by atoms with E-state index in [0.29, 0.717) is 0 Å². The van der Waals surface area contributed by atoms with E-state index >= 15 is 0 Å². The van der Waals surface area contributed by atoms with Crippen LogP contribution in [-0.4, -0.2) is 24.8 Å². The van der Waals surface area contributed by atoms with Crippen LogP contribution < -0.4 is 15.3 Å². The summed E-state index contributed by atoms with van der Waals surface area (Å²) in [7, 11) is 0. The minimum Gasteiger partial charge on any atom is -0.359 e. The van der Waals surface area contributed by atoms with Gasteiger partial charge in [-0.05, 0) is 94.3 Å². The topological polar surface area (TPSA) is 6.48 Å². The molecule has 3 aromatic carbocycles. The van der Waals surface area contributed by atoms with Crippen LogP contribution in [0.3, 0.4) is 0 Å². The van der Waals surface area contributed by atoms with Crippen molar-refractivity contribution in [3.8, 4) is 0 Å². The van der Waals surface area contributed by atoms with E-state index in [-0.39, 0.29) is 52.3 Å².